The standard InChI is InChI=1S/C21H40N2O4/c1-19(2,3)11-10-16(24)22-14(12-20(4,5)6)17(25)23-15(18(26)27)13-21(7,8)9/h14-15H,10-13H2,1-9H3,(H,22,24)(H,23,25)(H,26,27). The van der Waals surface area contributed by atoms with Gasteiger partial charge >= 0.3 is 5.97 Å². The Bertz CT molecular complexity index is 522. The Balaban J connectivity index is 5.17. The van der Waals surface area contributed by atoms with Crippen molar-refractivity contribution >= 4 is 17.8 Å². The van der Waals surface area contributed by atoms with Gasteiger partial charge in [0.15, 0.2) is 0 Å². The number of rotatable bonds is 8. The van der Waals surface area contributed by atoms with Gasteiger partial charge in [-0.25, -0.2) is 4.79 Å². The zero-order valence-electron chi connectivity index (χ0n) is 18.7. The molecule has 6 nitrogen and oxygen atoms in total. The molecule has 0 aliphatic heterocycles. The van der Waals surface area contributed by atoms with E-state index in [0.29, 0.717) is 25.7 Å². The van der Waals surface area contributed by atoms with Crippen molar-refractivity contribution in [2.45, 2.75) is 100 Å². The number of carboxylic acid groups (broad SMARTS) is 1. The molecule has 0 aliphatic rings. The maximum Gasteiger partial charge on any atom is 0.326 e. The molecule has 0 aliphatic carbocycles. The largest absolute Gasteiger partial charge is 0.480 e. The van der Waals surface area contributed by atoms with Gasteiger partial charge < -0.3 is 15.7 Å². The van der Waals surface area contributed by atoms with Crippen molar-refractivity contribution in [1.82, 2.24) is 10.6 Å². The Morgan fingerprint density at radius 1 is 0.741 bits per heavy atom. The Kier molecular flexibility index (Phi) is 9.00. The molecule has 2 unspecified atom stereocenters. The van der Waals surface area contributed by atoms with E-state index in [1.807, 2.05) is 41.5 Å². The summed E-state index contributed by atoms with van der Waals surface area (Å²) in [6, 6.07) is -1.73. The van der Waals surface area contributed by atoms with Gasteiger partial charge in [-0.3, -0.25) is 9.59 Å². The minimum absolute atomic E-state index is 0.0280. The maximum absolute atomic E-state index is 12.8. The van der Waals surface area contributed by atoms with Crippen molar-refractivity contribution in [3.8, 4) is 0 Å². The second-order valence-electron chi connectivity index (χ2n) is 11.1. The Labute approximate surface area is 164 Å². The minimum atomic E-state index is -1.06. The molecule has 2 amide bonds. The van der Waals surface area contributed by atoms with E-state index < -0.39 is 24.0 Å². The second kappa shape index (κ2) is 9.56. The molecule has 0 aromatic carbocycles. The Morgan fingerprint density at radius 3 is 1.56 bits per heavy atom. The molecular formula is C21H40N2O4. The number of hydrogen-bond acceptors (Lipinski definition) is 3. The van der Waals surface area contributed by atoms with Crippen LogP contribution in [0, 0.1) is 16.2 Å². The van der Waals surface area contributed by atoms with Crippen LogP contribution < -0.4 is 10.6 Å². The molecular weight excluding hydrogens is 344 g/mol. The van der Waals surface area contributed by atoms with Gasteiger partial charge in [0, 0.05) is 6.42 Å². The SMILES string of the molecule is CC(C)(C)CCC(=O)NC(CC(C)(C)C)C(=O)NC(CC(C)(C)C)C(=O)O. The Morgan fingerprint density at radius 2 is 1.19 bits per heavy atom. The third-order valence-corrected chi connectivity index (χ3v) is 4.00. The third kappa shape index (κ3) is 13.3. The number of carbonyl (C=O) groups is 3. The first kappa shape index (κ1) is 25.4. The van der Waals surface area contributed by atoms with Gasteiger partial charge in [0.2, 0.25) is 11.8 Å². The van der Waals surface area contributed by atoms with Crippen LogP contribution in [-0.4, -0.2) is 35.0 Å². The third-order valence-electron chi connectivity index (χ3n) is 4.00. The molecule has 0 heterocycles. The molecule has 2 atom stereocenters. The lowest BCUT2D eigenvalue weighted by Crippen LogP contribution is -2.53. The van der Waals surface area contributed by atoms with E-state index in [1.54, 1.807) is 0 Å². The van der Waals surface area contributed by atoms with Crippen LogP contribution in [0.2, 0.25) is 0 Å². The molecule has 0 saturated heterocycles. The fraction of sp³-hybridized carbons (Fsp3) is 0.857. The summed E-state index contributed by atoms with van der Waals surface area (Å²) in [4.78, 5) is 36.7. The second-order valence-corrected chi connectivity index (χ2v) is 11.1. The van der Waals surface area contributed by atoms with E-state index in [2.05, 4.69) is 31.4 Å². The molecule has 0 radical (unpaired) electrons. The van der Waals surface area contributed by atoms with Gasteiger partial charge in [0.25, 0.3) is 0 Å². The van der Waals surface area contributed by atoms with Gasteiger partial charge in [-0.15, -0.1) is 0 Å². The minimum Gasteiger partial charge on any atom is -0.480 e. The average Bonchev–Trinajstić information content (AvgIpc) is 2.39. The molecule has 3 N–H and O–H groups in total. The van der Waals surface area contributed by atoms with E-state index in [-0.39, 0.29) is 22.2 Å². The predicted octanol–water partition coefficient (Wildman–Crippen LogP) is 3.74. The number of nitrogens with one attached hydrogen (secondary N) is 2. The molecule has 0 aromatic heterocycles. The van der Waals surface area contributed by atoms with Crippen molar-refractivity contribution in [3.05, 3.63) is 0 Å². The van der Waals surface area contributed by atoms with Crippen molar-refractivity contribution in [2.24, 2.45) is 16.2 Å². The van der Waals surface area contributed by atoms with E-state index in [1.165, 1.54) is 0 Å². The van der Waals surface area contributed by atoms with Crippen LogP contribution in [0.1, 0.15) is 88.0 Å². The molecule has 0 fully saturated rings. The Hall–Kier alpha value is -1.59. The maximum atomic E-state index is 12.8. The lowest BCUT2D eigenvalue weighted by molar-refractivity contribution is -0.143. The molecule has 0 rings (SSSR count). The van der Waals surface area contributed by atoms with Crippen LogP contribution in [0.15, 0.2) is 0 Å². The lowest BCUT2D eigenvalue weighted by atomic mass is 9.86. The first-order valence-electron chi connectivity index (χ1n) is 9.72. The zero-order valence-corrected chi connectivity index (χ0v) is 18.7. The zero-order chi connectivity index (χ0) is 21.6. The van der Waals surface area contributed by atoms with Gasteiger partial charge in [-0.1, -0.05) is 62.3 Å². The van der Waals surface area contributed by atoms with Crippen LogP contribution in [-0.2, 0) is 14.4 Å². The first-order valence-corrected chi connectivity index (χ1v) is 9.72. The molecule has 0 bridgehead atoms. The fourth-order valence-electron chi connectivity index (χ4n) is 2.66. The van der Waals surface area contributed by atoms with E-state index >= 15 is 0 Å². The van der Waals surface area contributed by atoms with Crippen molar-refractivity contribution in [3.63, 3.8) is 0 Å². The molecule has 0 aromatic rings. The average molecular weight is 385 g/mol. The molecule has 6 heteroatoms. The van der Waals surface area contributed by atoms with E-state index in [4.69, 9.17) is 0 Å². The van der Waals surface area contributed by atoms with Crippen molar-refractivity contribution < 1.29 is 19.5 Å². The number of carbonyl (C=O) groups excluding carboxylic acids is 2. The topological polar surface area (TPSA) is 95.5 Å². The quantitative estimate of drug-likeness (QED) is 0.594. The van der Waals surface area contributed by atoms with Gasteiger partial charge in [-0.05, 0) is 35.5 Å². The molecule has 0 saturated carbocycles. The summed E-state index contributed by atoms with van der Waals surface area (Å²) >= 11 is 0. The summed E-state index contributed by atoms with van der Waals surface area (Å²) in [5.41, 5.74) is -0.409. The van der Waals surface area contributed by atoms with Crippen LogP contribution in [0.5, 0.6) is 0 Å². The first-order chi connectivity index (χ1) is 11.9. The summed E-state index contributed by atoms with van der Waals surface area (Å²) in [5.74, 6) is -1.69. The molecule has 0 spiro atoms. The number of aliphatic carboxylic acids is 1. The highest BCUT2D eigenvalue weighted by Crippen LogP contribution is 2.24. The molecule has 158 valence electrons. The normalized spacial score (nSPS) is 15.0. The van der Waals surface area contributed by atoms with Crippen molar-refractivity contribution in [2.75, 3.05) is 0 Å². The van der Waals surface area contributed by atoms with Gasteiger partial charge in [0.05, 0.1) is 0 Å². The molecule has 27 heavy (non-hydrogen) atoms. The number of hydrogen-bond donors (Lipinski definition) is 3. The monoisotopic (exact) mass is 384 g/mol. The van der Waals surface area contributed by atoms with E-state index in [0.717, 1.165) is 0 Å². The fourth-order valence-corrected chi connectivity index (χ4v) is 2.66. The summed E-state index contributed by atoms with van der Waals surface area (Å²) in [5, 5.41) is 14.9. The summed E-state index contributed by atoms with van der Waals surface area (Å²) in [6.07, 6.45) is 1.79. The highest BCUT2D eigenvalue weighted by molar-refractivity contribution is 5.90. The lowest BCUT2D eigenvalue weighted by Gasteiger charge is -2.29. The summed E-state index contributed by atoms with van der Waals surface area (Å²) in [7, 11) is 0. The summed E-state index contributed by atoms with van der Waals surface area (Å²) in [6.45, 7) is 17.9. The van der Waals surface area contributed by atoms with E-state index in [9.17, 15) is 19.5 Å². The van der Waals surface area contributed by atoms with Crippen LogP contribution in [0.3, 0.4) is 0 Å². The van der Waals surface area contributed by atoms with Crippen LogP contribution in [0.25, 0.3) is 0 Å². The number of amides is 2. The van der Waals surface area contributed by atoms with Crippen LogP contribution >= 0.6 is 0 Å². The van der Waals surface area contributed by atoms with Gasteiger partial charge in [0.1, 0.15) is 12.1 Å². The highest BCUT2D eigenvalue weighted by atomic mass is 16.4. The highest BCUT2D eigenvalue weighted by Gasteiger charge is 2.31. The summed E-state index contributed by atoms with van der Waals surface area (Å²) < 4.78 is 0. The van der Waals surface area contributed by atoms with Crippen LogP contribution in [0.4, 0.5) is 0 Å². The van der Waals surface area contributed by atoms with Gasteiger partial charge in [-0.2, -0.15) is 0 Å². The number of carboxylic acids is 1. The van der Waals surface area contributed by atoms with Crippen molar-refractivity contribution in [1.29, 1.82) is 0 Å². The smallest absolute Gasteiger partial charge is 0.326 e. The predicted molar refractivity (Wildman–Crippen MR) is 108 cm³/mol.